The van der Waals surface area contributed by atoms with E-state index in [9.17, 15) is 9.59 Å². The smallest absolute Gasteiger partial charge is 0.342 e. The van der Waals surface area contributed by atoms with Crippen LogP contribution in [0.1, 0.15) is 34.1 Å². The molecule has 2 aromatic heterocycles. The second-order valence-corrected chi connectivity index (χ2v) is 6.55. The molecular formula is C21H22N4O3. The molecule has 1 aromatic carbocycles. The fourth-order valence-corrected chi connectivity index (χ4v) is 2.83. The first-order chi connectivity index (χ1) is 13.4. The molecule has 7 heteroatoms. The number of carbonyl (C=O) groups excluding carboxylic acids is 2. The lowest BCUT2D eigenvalue weighted by Gasteiger charge is -2.16. The number of hydrogen-bond donors (Lipinski definition) is 1. The first-order valence-electron chi connectivity index (χ1n) is 8.92. The molecule has 1 atom stereocenters. The van der Waals surface area contributed by atoms with Crippen LogP contribution < -0.4 is 5.32 Å². The van der Waals surface area contributed by atoms with Crippen LogP contribution in [0.15, 0.2) is 48.8 Å². The molecule has 1 N–H and O–H groups in total. The van der Waals surface area contributed by atoms with Crippen molar-refractivity contribution in [1.82, 2.24) is 14.8 Å². The molecule has 1 amide bonds. The summed E-state index contributed by atoms with van der Waals surface area (Å²) < 4.78 is 6.91. The molecule has 0 saturated heterocycles. The van der Waals surface area contributed by atoms with Crippen molar-refractivity contribution < 1.29 is 14.3 Å². The van der Waals surface area contributed by atoms with Gasteiger partial charge >= 0.3 is 5.97 Å². The van der Waals surface area contributed by atoms with E-state index in [-0.39, 0.29) is 11.5 Å². The number of amides is 1. The zero-order valence-corrected chi connectivity index (χ0v) is 16.3. The molecule has 0 bridgehead atoms. The second-order valence-electron chi connectivity index (χ2n) is 6.55. The quantitative estimate of drug-likeness (QED) is 0.688. The van der Waals surface area contributed by atoms with E-state index in [0.29, 0.717) is 11.5 Å². The Balaban J connectivity index is 1.71. The Bertz CT molecular complexity index is 991. The SMILES string of the molecule is Cc1cccc(C)c1NC(=O)C(C)OC(=O)c1cnn(-c2ccccn2)c1C. The lowest BCUT2D eigenvalue weighted by molar-refractivity contribution is -0.123. The predicted octanol–water partition coefficient (Wildman–Crippen LogP) is 3.38. The van der Waals surface area contributed by atoms with Crippen molar-refractivity contribution in [1.29, 1.82) is 0 Å². The summed E-state index contributed by atoms with van der Waals surface area (Å²) in [6, 6.07) is 11.2. The lowest BCUT2D eigenvalue weighted by Crippen LogP contribution is -2.30. The van der Waals surface area contributed by atoms with Crippen molar-refractivity contribution in [3.05, 3.63) is 71.2 Å². The maximum atomic E-state index is 12.5. The van der Waals surface area contributed by atoms with Gasteiger partial charge in [-0.05, 0) is 51.0 Å². The molecule has 2 heterocycles. The molecule has 144 valence electrons. The fourth-order valence-electron chi connectivity index (χ4n) is 2.83. The van der Waals surface area contributed by atoms with Gasteiger partial charge in [-0.15, -0.1) is 0 Å². The largest absolute Gasteiger partial charge is 0.449 e. The van der Waals surface area contributed by atoms with E-state index in [0.717, 1.165) is 16.8 Å². The minimum atomic E-state index is -0.955. The van der Waals surface area contributed by atoms with Gasteiger partial charge in [0.2, 0.25) is 0 Å². The summed E-state index contributed by atoms with van der Waals surface area (Å²) >= 11 is 0. The van der Waals surface area contributed by atoms with Gasteiger partial charge in [0.1, 0.15) is 5.56 Å². The van der Waals surface area contributed by atoms with Gasteiger partial charge in [-0.3, -0.25) is 4.79 Å². The highest BCUT2D eigenvalue weighted by Crippen LogP contribution is 2.20. The van der Waals surface area contributed by atoms with Crippen molar-refractivity contribution in [2.24, 2.45) is 0 Å². The summed E-state index contributed by atoms with van der Waals surface area (Å²) in [5.74, 6) is -0.399. The van der Waals surface area contributed by atoms with E-state index >= 15 is 0 Å². The monoisotopic (exact) mass is 378 g/mol. The van der Waals surface area contributed by atoms with Crippen molar-refractivity contribution >= 4 is 17.6 Å². The molecule has 0 fully saturated rings. The standard InChI is InChI=1S/C21H22N4O3/c1-13-8-7-9-14(2)19(13)24-20(26)16(4)28-21(27)17-12-23-25(15(17)3)18-10-5-6-11-22-18/h5-12,16H,1-4H3,(H,24,26). The second kappa shape index (κ2) is 8.04. The van der Waals surface area contributed by atoms with Crippen LogP contribution in [0.5, 0.6) is 0 Å². The maximum absolute atomic E-state index is 12.5. The van der Waals surface area contributed by atoms with Crippen molar-refractivity contribution in [2.45, 2.75) is 33.8 Å². The van der Waals surface area contributed by atoms with Crippen LogP contribution in [0.2, 0.25) is 0 Å². The number of hydrogen-bond acceptors (Lipinski definition) is 5. The van der Waals surface area contributed by atoms with Crippen molar-refractivity contribution in [3.8, 4) is 5.82 Å². The van der Waals surface area contributed by atoms with Crippen molar-refractivity contribution in [3.63, 3.8) is 0 Å². The number of para-hydroxylation sites is 1. The summed E-state index contributed by atoms with van der Waals surface area (Å²) in [5, 5.41) is 7.04. The maximum Gasteiger partial charge on any atom is 0.342 e. The number of carbonyl (C=O) groups is 2. The number of ether oxygens (including phenoxy) is 1. The van der Waals surface area contributed by atoms with E-state index < -0.39 is 12.1 Å². The van der Waals surface area contributed by atoms with Crippen LogP contribution >= 0.6 is 0 Å². The highest BCUT2D eigenvalue weighted by Gasteiger charge is 2.23. The van der Waals surface area contributed by atoms with E-state index in [4.69, 9.17) is 4.74 Å². The zero-order chi connectivity index (χ0) is 20.3. The number of aromatic nitrogens is 3. The van der Waals surface area contributed by atoms with Crippen LogP contribution in [-0.2, 0) is 9.53 Å². The average Bonchev–Trinajstić information content (AvgIpc) is 3.06. The molecule has 28 heavy (non-hydrogen) atoms. The summed E-state index contributed by atoms with van der Waals surface area (Å²) in [6.07, 6.45) is 2.11. The molecule has 0 saturated carbocycles. The summed E-state index contributed by atoms with van der Waals surface area (Å²) in [6.45, 7) is 7.11. The average molecular weight is 378 g/mol. The van der Waals surface area contributed by atoms with Gasteiger partial charge in [0, 0.05) is 11.9 Å². The van der Waals surface area contributed by atoms with E-state index in [1.165, 1.54) is 6.20 Å². The number of esters is 1. The molecule has 0 radical (unpaired) electrons. The lowest BCUT2D eigenvalue weighted by atomic mass is 10.1. The molecule has 0 spiro atoms. The van der Waals surface area contributed by atoms with Gasteiger partial charge in [-0.25, -0.2) is 14.5 Å². The van der Waals surface area contributed by atoms with Gasteiger partial charge in [-0.1, -0.05) is 24.3 Å². The third-order valence-corrected chi connectivity index (χ3v) is 4.48. The van der Waals surface area contributed by atoms with E-state index in [1.807, 2.05) is 38.1 Å². The number of pyridine rings is 1. The van der Waals surface area contributed by atoms with Crippen LogP contribution in [0.3, 0.4) is 0 Å². The molecule has 1 unspecified atom stereocenters. The third kappa shape index (κ3) is 3.93. The Kier molecular flexibility index (Phi) is 5.54. The van der Waals surface area contributed by atoms with Crippen LogP contribution in [0.4, 0.5) is 5.69 Å². The molecule has 0 aliphatic heterocycles. The summed E-state index contributed by atoms with van der Waals surface area (Å²) in [7, 11) is 0. The number of rotatable bonds is 5. The number of aryl methyl sites for hydroxylation is 2. The van der Waals surface area contributed by atoms with Gasteiger partial charge in [0.05, 0.1) is 11.9 Å². The normalized spacial score (nSPS) is 11.7. The molecule has 3 rings (SSSR count). The number of anilines is 1. The zero-order valence-electron chi connectivity index (χ0n) is 16.3. The van der Waals surface area contributed by atoms with Crippen molar-refractivity contribution in [2.75, 3.05) is 5.32 Å². The first kappa shape index (κ1) is 19.3. The Morgan fingerprint density at radius 3 is 2.43 bits per heavy atom. The Morgan fingerprint density at radius 1 is 1.07 bits per heavy atom. The van der Waals surface area contributed by atoms with Gasteiger partial charge in [0.25, 0.3) is 5.91 Å². The van der Waals surface area contributed by atoms with Crippen LogP contribution in [0, 0.1) is 20.8 Å². The molecule has 0 aliphatic carbocycles. The molecule has 3 aromatic rings. The highest BCUT2D eigenvalue weighted by atomic mass is 16.5. The van der Waals surface area contributed by atoms with Gasteiger partial charge in [0.15, 0.2) is 11.9 Å². The molecule has 7 nitrogen and oxygen atoms in total. The van der Waals surface area contributed by atoms with Crippen LogP contribution in [-0.4, -0.2) is 32.7 Å². The Morgan fingerprint density at radius 2 is 1.79 bits per heavy atom. The highest BCUT2D eigenvalue weighted by molar-refractivity contribution is 5.98. The topological polar surface area (TPSA) is 86.1 Å². The van der Waals surface area contributed by atoms with Crippen LogP contribution in [0.25, 0.3) is 5.82 Å². The molecular weight excluding hydrogens is 356 g/mol. The Labute approximate surface area is 163 Å². The Hall–Kier alpha value is -3.48. The third-order valence-electron chi connectivity index (χ3n) is 4.48. The minimum Gasteiger partial charge on any atom is -0.449 e. The number of nitrogens with zero attached hydrogens (tertiary/aromatic N) is 3. The van der Waals surface area contributed by atoms with Gasteiger partial charge in [-0.2, -0.15) is 5.10 Å². The molecule has 0 aliphatic rings. The van der Waals surface area contributed by atoms with E-state index in [1.54, 1.807) is 36.9 Å². The minimum absolute atomic E-state index is 0.289. The van der Waals surface area contributed by atoms with Gasteiger partial charge < -0.3 is 10.1 Å². The summed E-state index contributed by atoms with van der Waals surface area (Å²) in [5.41, 5.74) is 3.50. The van der Waals surface area contributed by atoms with E-state index in [2.05, 4.69) is 15.4 Å². The first-order valence-corrected chi connectivity index (χ1v) is 8.92. The fraction of sp³-hybridized carbons (Fsp3) is 0.238. The number of benzene rings is 1. The number of nitrogens with one attached hydrogen (secondary N) is 1. The summed E-state index contributed by atoms with van der Waals surface area (Å²) in [4.78, 5) is 29.2. The predicted molar refractivity (Wildman–Crippen MR) is 106 cm³/mol.